The molecule has 6 nitrogen and oxygen atoms in total. The van der Waals surface area contributed by atoms with Crippen LogP contribution >= 0.6 is 0 Å². The maximum absolute atomic E-state index is 13.3. The minimum atomic E-state index is -0.501. The fourth-order valence-corrected chi connectivity index (χ4v) is 3.79. The third-order valence-electron chi connectivity index (χ3n) is 5.51. The lowest BCUT2D eigenvalue weighted by atomic mass is 9.95. The molecule has 1 saturated heterocycles. The number of ketones is 1. The maximum atomic E-state index is 13.3. The molecule has 2 aromatic carbocycles. The molecule has 1 saturated carbocycles. The van der Waals surface area contributed by atoms with E-state index in [9.17, 15) is 14.4 Å². The lowest BCUT2D eigenvalue weighted by Gasteiger charge is -2.31. The van der Waals surface area contributed by atoms with Gasteiger partial charge < -0.3 is 5.32 Å². The van der Waals surface area contributed by atoms with Crippen molar-refractivity contribution in [2.75, 3.05) is 18.4 Å². The van der Waals surface area contributed by atoms with Crippen LogP contribution in [0, 0.1) is 0 Å². The molecule has 4 rings (SSSR count). The molecular formula is C22H23N3O3. The highest BCUT2D eigenvalue weighted by Crippen LogP contribution is 2.50. The van der Waals surface area contributed by atoms with Crippen LogP contribution in [0.3, 0.4) is 0 Å². The van der Waals surface area contributed by atoms with E-state index < -0.39 is 5.41 Å². The second kappa shape index (κ2) is 7.11. The Morgan fingerprint density at radius 2 is 1.64 bits per heavy atom. The van der Waals surface area contributed by atoms with Crippen LogP contribution in [0.5, 0.6) is 0 Å². The average molecular weight is 377 g/mol. The normalized spacial score (nSPS) is 17.3. The van der Waals surface area contributed by atoms with Gasteiger partial charge in [0, 0.05) is 24.3 Å². The molecule has 1 N–H and O–H groups in total. The summed E-state index contributed by atoms with van der Waals surface area (Å²) in [4.78, 5) is 37.7. The molecule has 1 heterocycles. The van der Waals surface area contributed by atoms with Crippen molar-refractivity contribution in [1.82, 2.24) is 10.0 Å². The number of nitrogens with one attached hydrogen (secondary N) is 1. The molecule has 1 aliphatic carbocycles. The number of hydrazine groups is 1. The summed E-state index contributed by atoms with van der Waals surface area (Å²) in [6.45, 7) is 2.52. The molecule has 0 atom stereocenters. The smallest absolute Gasteiger partial charge is 0.306 e. The number of carbonyl (C=O) groups is 3. The Hall–Kier alpha value is -3.15. The lowest BCUT2D eigenvalue weighted by Crippen LogP contribution is -2.50. The minimum Gasteiger partial charge on any atom is -0.306 e. The van der Waals surface area contributed by atoms with Gasteiger partial charge in [0.25, 0.3) is 5.91 Å². The molecule has 144 valence electrons. The third kappa shape index (κ3) is 3.26. The van der Waals surface area contributed by atoms with Crippen LogP contribution in [0.15, 0.2) is 54.6 Å². The highest BCUT2D eigenvalue weighted by atomic mass is 16.2. The molecular weight excluding hydrogens is 354 g/mol. The first-order chi connectivity index (χ1) is 13.5. The molecule has 2 aliphatic rings. The van der Waals surface area contributed by atoms with Crippen LogP contribution in [-0.2, 0) is 10.2 Å². The molecule has 0 bridgehead atoms. The quantitative estimate of drug-likeness (QED) is 0.828. The number of amides is 3. The van der Waals surface area contributed by atoms with Crippen molar-refractivity contribution in [3.63, 3.8) is 0 Å². The minimum absolute atomic E-state index is 0.0103. The first-order valence-corrected chi connectivity index (χ1v) is 9.58. The van der Waals surface area contributed by atoms with E-state index in [4.69, 9.17) is 0 Å². The summed E-state index contributed by atoms with van der Waals surface area (Å²) >= 11 is 0. The van der Waals surface area contributed by atoms with Crippen molar-refractivity contribution >= 4 is 23.4 Å². The van der Waals surface area contributed by atoms with Crippen LogP contribution in [0.25, 0.3) is 0 Å². The van der Waals surface area contributed by atoms with E-state index in [-0.39, 0.29) is 17.7 Å². The van der Waals surface area contributed by atoms with Gasteiger partial charge in [-0.3, -0.25) is 9.59 Å². The van der Waals surface area contributed by atoms with Crippen molar-refractivity contribution in [2.45, 2.75) is 31.6 Å². The first kappa shape index (κ1) is 18.2. The summed E-state index contributed by atoms with van der Waals surface area (Å²) in [5, 5.41) is 5.90. The van der Waals surface area contributed by atoms with Crippen molar-refractivity contribution < 1.29 is 14.4 Å². The van der Waals surface area contributed by atoms with Crippen molar-refractivity contribution in [1.29, 1.82) is 0 Å². The zero-order chi connectivity index (χ0) is 19.7. The second-order valence-electron chi connectivity index (χ2n) is 7.42. The van der Waals surface area contributed by atoms with E-state index in [2.05, 4.69) is 5.32 Å². The van der Waals surface area contributed by atoms with Gasteiger partial charge in [-0.2, -0.15) is 0 Å². The number of rotatable bonds is 4. The van der Waals surface area contributed by atoms with Gasteiger partial charge >= 0.3 is 6.03 Å². The number of carbonyl (C=O) groups excluding carboxylic acids is 3. The van der Waals surface area contributed by atoms with E-state index >= 15 is 0 Å². The van der Waals surface area contributed by atoms with Gasteiger partial charge in [-0.25, -0.2) is 14.8 Å². The van der Waals surface area contributed by atoms with Crippen molar-refractivity contribution in [3.05, 3.63) is 65.7 Å². The molecule has 6 heteroatoms. The number of urea groups is 1. The summed E-state index contributed by atoms with van der Waals surface area (Å²) in [6.07, 6.45) is 2.36. The Morgan fingerprint density at radius 1 is 0.929 bits per heavy atom. The molecule has 2 fully saturated rings. The largest absolute Gasteiger partial charge is 0.340 e. The highest BCUT2D eigenvalue weighted by molar-refractivity contribution is 5.98. The third-order valence-corrected chi connectivity index (χ3v) is 5.51. The summed E-state index contributed by atoms with van der Waals surface area (Å²) in [6, 6.07) is 16.3. The van der Waals surface area contributed by atoms with Crippen LogP contribution in [0.2, 0.25) is 0 Å². The van der Waals surface area contributed by atoms with Crippen LogP contribution in [0.1, 0.15) is 42.1 Å². The SMILES string of the molecule is CC(=O)c1cccc(NC(=O)N2CCCN2C(=O)C2(c3ccccc3)CC2)c1. The Balaban J connectivity index is 1.51. The summed E-state index contributed by atoms with van der Waals surface area (Å²) < 4.78 is 0. The van der Waals surface area contributed by atoms with Crippen LogP contribution < -0.4 is 5.32 Å². The van der Waals surface area contributed by atoms with Gasteiger partial charge in [0.05, 0.1) is 5.41 Å². The van der Waals surface area contributed by atoms with Crippen molar-refractivity contribution in [2.24, 2.45) is 0 Å². The second-order valence-corrected chi connectivity index (χ2v) is 7.42. The van der Waals surface area contributed by atoms with Gasteiger partial charge in [0.15, 0.2) is 5.78 Å². The molecule has 28 heavy (non-hydrogen) atoms. The maximum Gasteiger partial charge on any atom is 0.340 e. The molecule has 0 aromatic heterocycles. The predicted molar refractivity (Wildman–Crippen MR) is 106 cm³/mol. The van der Waals surface area contributed by atoms with E-state index in [1.54, 1.807) is 29.3 Å². The average Bonchev–Trinajstić information content (AvgIpc) is 3.37. The standard InChI is InChI=1S/C22H23N3O3/c1-16(26)17-7-5-10-19(15-17)23-21(28)25-14-6-13-24(25)20(27)22(11-12-22)18-8-3-2-4-9-18/h2-5,7-10,15H,6,11-14H2,1H3,(H,23,28). The molecule has 0 unspecified atom stereocenters. The first-order valence-electron chi connectivity index (χ1n) is 9.58. The number of hydrogen-bond acceptors (Lipinski definition) is 3. The zero-order valence-corrected chi connectivity index (χ0v) is 15.9. The highest BCUT2D eigenvalue weighted by Gasteiger charge is 2.54. The predicted octanol–water partition coefficient (Wildman–Crippen LogP) is 3.60. The Morgan fingerprint density at radius 3 is 2.32 bits per heavy atom. The number of anilines is 1. The number of Topliss-reactive ketones (excluding diaryl/α,β-unsaturated/α-hetero) is 1. The molecule has 0 radical (unpaired) electrons. The van der Waals surface area contributed by atoms with Crippen LogP contribution in [0.4, 0.5) is 10.5 Å². The molecule has 1 aliphatic heterocycles. The Labute approximate surface area is 164 Å². The fraction of sp³-hybridized carbons (Fsp3) is 0.318. The number of hydrogen-bond donors (Lipinski definition) is 1. The zero-order valence-electron chi connectivity index (χ0n) is 15.9. The lowest BCUT2D eigenvalue weighted by molar-refractivity contribution is -0.142. The number of nitrogens with zero attached hydrogens (tertiary/aromatic N) is 2. The van der Waals surface area contributed by atoms with E-state index in [0.29, 0.717) is 24.3 Å². The molecule has 2 aromatic rings. The van der Waals surface area contributed by atoms with E-state index in [1.807, 2.05) is 30.3 Å². The van der Waals surface area contributed by atoms with Crippen molar-refractivity contribution in [3.8, 4) is 0 Å². The number of benzene rings is 2. The Kier molecular flexibility index (Phi) is 4.63. The van der Waals surface area contributed by atoms with Gasteiger partial charge in [-0.05, 0) is 43.9 Å². The summed E-state index contributed by atoms with van der Waals surface area (Å²) in [7, 11) is 0. The molecule has 0 spiro atoms. The monoisotopic (exact) mass is 377 g/mol. The summed E-state index contributed by atoms with van der Waals surface area (Å²) in [5.74, 6) is -0.0727. The van der Waals surface area contributed by atoms with E-state index in [0.717, 1.165) is 24.8 Å². The van der Waals surface area contributed by atoms with Gasteiger partial charge in [-0.1, -0.05) is 42.5 Å². The van der Waals surface area contributed by atoms with Crippen LogP contribution in [-0.4, -0.2) is 40.8 Å². The Bertz CT molecular complexity index is 922. The molecule has 3 amide bonds. The van der Waals surface area contributed by atoms with E-state index in [1.165, 1.54) is 11.9 Å². The fourth-order valence-electron chi connectivity index (χ4n) is 3.79. The topological polar surface area (TPSA) is 69.7 Å². The van der Waals surface area contributed by atoms with Gasteiger partial charge in [0.2, 0.25) is 0 Å². The summed E-state index contributed by atoms with van der Waals surface area (Å²) in [5.41, 5.74) is 1.59. The van der Waals surface area contributed by atoms with Gasteiger partial charge in [0.1, 0.15) is 0 Å². The van der Waals surface area contributed by atoms with Gasteiger partial charge in [-0.15, -0.1) is 0 Å².